The lowest BCUT2D eigenvalue weighted by Crippen LogP contribution is -2.07. The Hall–Kier alpha value is -3.49. The molecule has 168 valence electrons. The third-order valence-electron chi connectivity index (χ3n) is 6.62. The minimum atomic E-state index is -4.59. The molecule has 0 bridgehead atoms. The molecule has 1 N–H and O–H groups in total. The summed E-state index contributed by atoms with van der Waals surface area (Å²) < 4.78 is 41.7. The number of hydrogen-bond donors (Lipinski definition) is 1. The van der Waals surface area contributed by atoms with E-state index >= 15 is 0 Å². The summed E-state index contributed by atoms with van der Waals surface area (Å²) in [5, 5.41) is 9.03. The first kappa shape index (κ1) is 20.1. The van der Waals surface area contributed by atoms with E-state index in [1.54, 1.807) is 12.4 Å². The molecule has 0 amide bonds. The number of nitrogens with zero attached hydrogens (tertiary/aromatic N) is 5. The van der Waals surface area contributed by atoms with Crippen molar-refractivity contribution in [2.24, 2.45) is 0 Å². The van der Waals surface area contributed by atoms with Crippen molar-refractivity contribution >= 4 is 0 Å². The SMILES string of the molecule is FC(F)(F)c1n[nH]nc1-c1ccnc(-c2cn(C[C@@H]3CCc4c(C5CC5)cccc43)cn2)c1. The van der Waals surface area contributed by atoms with Gasteiger partial charge >= 0.3 is 6.18 Å². The molecule has 2 aliphatic rings. The Kier molecular flexibility index (Phi) is 4.60. The number of alkyl halides is 3. The van der Waals surface area contributed by atoms with E-state index in [2.05, 4.69) is 43.6 Å². The molecular formula is C24H21F3N6. The molecule has 2 aliphatic carbocycles. The summed E-state index contributed by atoms with van der Waals surface area (Å²) in [6, 6.07) is 9.76. The van der Waals surface area contributed by atoms with Crippen LogP contribution in [-0.2, 0) is 19.1 Å². The van der Waals surface area contributed by atoms with E-state index in [-0.39, 0.29) is 11.3 Å². The van der Waals surface area contributed by atoms with Gasteiger partial charge in [-0.05, 0) is 60.4 Å². The second-order valence-corrected chi connectivity index (χ2v) is 8.83. The molecule has 3 heterocycles. The first-order chi connectivity index (χ1) is 16.0. The molecule has 1 saturated carbocycles. The Bertz CT molecular complexity index is 1320. The van der Waals surface area contributed by atoms with Crippen LogP contribution in [0.2, 0.25) is 0 Å². The van der Waals surface area contributed by atoms with E-state index in [1.165, 1.54) is 41.8 Å². The van der Waals surface area contributed by atoms with Gasteiger partial charge < -0.3 is 4.57 Å². The quantitative estimate of drug-likeness (QED) is 0.445. The summed E-state index contributed by atoms with van der Waals surface area (Å²) in [6.45, 7) is 0.815. The molecule has 6 nitrogen and oxygen atoms in total. The molecule has 1 aromatic carbocycles. The fourth-order valence-electron chi connectivity index (χ4n) is 4.93. The van der Waals surface area contributed by atoms with Crippen molar-refractivity contribution in [3.8, 4) is 22.6 Å². The van der Waals surface area contributed by atoms with Gasteiger partial charge in [-0.2, -0.15) is 28.6 Å². The Morgan fingerprint density at radius 3 is 2.67 bits per heavy atom. The van der Waals surface area contributed by atoms with E-state index in [0.29, 0.717) is 17.3 Å². The van der Waals surface area contributed by atoms with Gasteiger partial charge in [-0.15, -0.1) is 0 Å². The molecule has 9 heteroatoms. The lowest BCUT2D eigenvalue weighted by Gasteiger charge is -2.13. The molecule has 0 unspecified atom stereocenters. The molecular weight excluding hydrogens is 429 g/mol. The number of hydrogen-bond acceptors (Lipinski definition) is 4. The van der Waals surface area contributed by atoms with Crippen LogP contribution < -0.4 is 0 Å². The van der Waals surface area contributed by atoms with Crippen LogP contribution in [0.1, 0.15) is 53.5 Å². The normalized spacial score (nSPS) is 18.0. The molecule has 1 atom stereocenters. The number of pyridine rings is 1. The van der Waals surface area contributed by atoms with Crippen molar-refractivity contribution in [2.75, 3.05) is 0 Å². The summed E-state index contributed by atoms with van der Waals surface area (Å²) in [5.41, 5.74) is 4.61. The van der Waals surface area contributed by atoms with Gasteiger partial charge in [-0.25, -0.2) is 4.98 Å². The van der Waals surface area contributed by atoms with Crippen LogP contribution in [0.25, 0.3) is 22.6 Å². The van der Waals surface area contributed by atoms with Crippen LogP contribution in [0.3, 0.4) is 0 Å². The topological polar surface area (TPSA) is 72.3 Å². The summed E-state index contributed by atoms with van der Waals surface area (Å²) in [5.74, 6) is 1.18. The van der Waals surface area contributed by atoms with Crippen molar-refractivity contribution < 1.29 is 13.2 Å². The third kappa shape index (κ3) is 3.71. The van der Waals surface area contributed by atoms with Crippen LogP contribution in [0, 0.1) is 0 Å². The maximum atomic E-state index is 13.2. The highest BCUT2D eigenvalue weighted by atomic mass is 19.4. The van der Waals surface area contributed by atoms with Crippen LogP contribution in [0.4, 0.5) is 13.2 Å². The average molecular weight is 450 g/mol. The zero-order valence-corrected chi connectivity index (χ0v) is 17.7. The number of imidazole rings is 1. The fourth-order valence-corrected chi connectivity index (χ4v) is 4.93. The lowest BCUT2D eigenvalue weighted by atomic mass is 9.96. The van der Waals surface area contributed by atoms with Crippen LogP contribution in [0.15, 0.2) is 49.1 Å². The molecule has 0 spiro atoms. The van der Waals surface area contributed by atoms with Crippen LogP contribution >= 0.6 is 0 Å². The van der Waals surface area contributed by atoms with Gasteiger partial charge in [-0.1, -0.05) is 18.2 Å². The molecule has 33 heavy (non-hydrogen) atoms. The summed E-state index contributed by atoms with van der Waals surface area (Å²) in [7, 11) is 0. The number of rotatable bonds is 5. The zero-order valence-electron chi connectivity index (χ0n) is 17.7. The molecule has 0 radical (unpaired) electrons. The van der Waals surface area contributed by atoms with Crippen LogP contribution in [0.5, 0.6) is 0 Å². The molecule has 4 aromatic rings. The fraction of sp³-hybridized carbons (Fsp3) is 0.333. The molecule has 0 aliphatic heterocycles. The number of aromatic nitrogens is 6. The maximum Gasteiger partial charge on any atom is 0.437 e. The van der Waals surface area contributed by atoms with Gasteiger partial charge in [0.2, 0.25) is 0 Å². The average Bonchev–Trinajstić information content (AvgIpc) is 3.19. The van der Waals surface area contributed by atoms with E-state index in [1.807, 2.05) is 10.8 Å². The van der Waals surface area contributed by atoms with Gasteiger partial charge in [0.15, 0.2) is 5.69 Å². The number of H-pyrrole nitrogens is 1. The maximum absolute atomic E-state index is 13.2. The Labute approximate surface area is 187 Å². The second-order valence-electron chi connectivity index (χ2n) is 8.83. The van der Waals surface area contributed by atoms with Crippen molar-refractivity contribution in [1.29, 1.82) is 0 Å². The highest BCUT2D eigenvalue weighted by Crippen LogP contribution is 2.46. The van der Waals surface area contributed by atoms with E-state index in [9.17, 15) is 13.2 Å². The van der Waals surface area contributed by atoms with Crippen molar-refractivity contribution in [3.63, 3.8) is 0 Å². The van der Waals surface area contributed by atoms with Gasteiger partial charge in [0, 0.05) is 30.4 Å². The molecule has 0 saturated heterocycles. The minimum absolute atomic E-state index is 0.250. The van der Waals surface area contributed by atoms with Gasteiger partial charge in [0.1, 0.15) is 11.4 Å². The number of benzene rings is 1. The zero-order chi connectivity index (χ0) is 22.6. The minimum Gasteiger partial charge on any atom is -0.336 e. The van der Waals surface area contributed by atoms with Crippen LogP contribution in [-0.4, -0.2) is 29.9 Å². The Balaban J connectivity index is 1.24. The van der Waals surface area contributed by atoms with Gasteiger partial charge in [0.05, 0.1) is 12.0 Å². The molecule has 1 fully saturated rings. The predicted octanol–water partition coefficient (Wildman–Crippen LogP) is 5.36. The largest absolute Gasteiger partial charge is 0.437 e. The standard InChI is InChI=1S/C24H21F3N6/c25-24(26,27)23-22(30-32-31-23)15-8-9-28-20(10-15)21-12-33(13-29-21)11-16-6-7-19-17(14-4-5-14)2-1-3-18(16)19/h1-3,8-10,12-14,16H,4-7,11H2,(H,30,31,32)/t16-/m0/s1. The number of aromatic amines is 1. The van der Waals surface area contributed by atoms with Gasteiger partial charge in [0.25, 0.3) is 0 Å². The first-order valence-electron chi connectivity index (χ1n) is 11.1. The summed E-state index contributed by atoms with van der Waals surface area (Å²) >= 11 is 0. The first-order valence-corrected chi connectivity index (χ1v) is 11.1. The van der Waals surface area contributed by atoms with E-state index < -0.39 is 11.9 Å². The van der Waals surface area contributed by atoms with E-state index in [0.717, 1.165) is 25.3 Å². The second kappa shape index (κ2) is 7.54. The predicted molar refractivity (Wildman–Crippen MR) is 115 cm³/mol. The monoisotopic (exact) mass is 450 g/mol. The highest BCUT2D eigenvalue weighted by molar-refractivity contribution is 5.67. The third-order valence-corrected chi connectivity index (χ3v) is 6.62. The van der Waals surface area contributed by atoms with Crippen molar-refractivity contribution in [3.05, 3.63) is 71.4 Å². The van der Waals surface area contributed by atoms with E-state index in [4.69, 9.17) is 0 Å². The lowest BCUT2D eigenvalue weighted by molar-refractivity contribution is -0.140. The summed E-state index contributed by atoms with van der Waals surface area (Å²) in [6.07, 6.45) is 5.39. The number of nitrogens with one attached hydrogen (secondary N) is 1. The van der Waals surface area contributed by atoms with Gasteiger partial charge in [-0.3, -0.25) is 4.98 Å². The number of fused-ring (bicyclic) bond motifs is 1. The Morgan fingerprint density at radius 2 is 1.85 bits per heavy atom. The highest BCUT2D eigenvalue weighted by Gasteiger charge is 2.38. The summed E-state index contributed by atoms with van der Waals surface area (Å²) in [4.78, 5) is 8.78. The number of halogens is 3. The van der Waals surface area contributed by atoms with Crippen molar-refractivity contribution in [2.45, 2.75) is 50.2 Å². The molecule has 3 aromatic heterocycles. The van der Waals surface area contributed by atoms with Crippen molar-refractivity contribution in [1.82, 2.24) is 29.9 Å². The Morgan fingerprint density at radius 1 is 1.00 bits per heavy atom. The smallest absolute Gasteiger partial charge is 0.336 e. The molecule has 6 rings (SSSR count).